The van der Waals surface area contributed by atoms with Crippen molar-refractivity contribution in [2.75, 3.05) is 23.0 Å². The molecule has 0 amide bonds. The van der Waals surface area contributed by atoms with E-state index in [-0.39, 0.29) is 0 Å². The average Bonchev–Trinajstić information content (AvgIpc) is 2.10. The predicted octanol–water partition coefficient (Wildman–Crippen LogP) is 2.50. The van der Waals surface area contributed by atoms with Gasteiger partial charge in [0, 0.05) is 0 Å². The highest BCUT2D eigenvalue weighted by atomic mass is 32.2. The van der Waals surface area contributed by atoms with E-state index in [1.54, 1.807) is 0 Å². The van der Waals surface area contributed by atoms with Crippen molar-refractivity contribution >= 4 is 23.5 Å². The Morgan fingerprint density at radius 3 is 1.58 bits per heavy atom. The van der Waals surface area contributed by atoms with Crippen LogP contribution < -0.4 is 0 Å². The fraction of sp³-hybridized carbons (Fsp3) is 0.600. The third kappa shape index (κ3) is 9.82. The molecule has 0 aliphatic rings. The first-order valence-corrected chi connectivity index (χ1v) is 6.25. The number of thioether (sulfide) groups is 2. The molecule has 0 aromatic carbocycles. The SMILES string of the molecule is C#CCSCCCCSCC#C. The lowest BCUT2D eigenvalue weighted by molar-refractivity contribution is 0.908. The summed E-state index contributed by atoms with van der Waals surface area (Å²) in [6, 6.07) is 0. The van der Waals surface area contributed by atoms with Gasteiger partial charge in [0.1, 0.15) is 0 Å². The zero-order chi connectivity index (χ0) is 9.07. The number of terminal acetylenes is 2. The molecule has 0 aromatic heterocycles. The maximum atomic E-state index is 5.11. The minimum Gasteiger partial charge on any atom is -0.149 e. The average molecular weight is 198 g/mol. The number of hydrogen-bond acceptors (Lipinski definition) is 2. The maximum absolute atomic E-state index is 5.11. The number of unbranched alkanes of at least 4 members (excludes halogenated alkanes) is 1. The van der Waals surface area contributed by atoms with Crippen LogP contribution in [0.3, 0.4) is 0 Å². The van der Waals surface area contributed by atoms with Crippen molar-refractivity contribution in [3.05, 3.63) is 0 Å². The lowest BCUT2D eigenvalue weighted by Crippen LogP contribution is -1.85. The van der Waals surface area contributed by atoms with E-state index in [0.717, 1.165) is 11.5 Å². The van der Waals surface area contributed by atoms with Crippen LogP contribution in [-0.4, -0.2) is 23.0 Å². The van der Waals surface area contributed by atoms with Crippen molar-refractivity contribution in [2.24, 2.45) is 0 Å². The van der Waals surface area contributed by atoms with Crippen molar-refractivity contribution < 1.29 is 0 Å². The van der Waals surface area contributed by atoms with E-state index in [1.165, 1.54) is 24.3 Å². The second kappa shape index (κ2) is 10.8. The Hall–Kier alpha value is -0.180. The van der Waals surface area contributed by atoms with Crippen molar-refractivity contribution in [1.29, 1.82) is 0 Å². The molecular formula is C10H14S2. The third-order valence-corrected chi connectivity index (χ3v) is 3.09. The molecule has 2 heteroatoms. The van der Waals surface area contributed by atoms with Gasteiger partial charge in [0.15, 0.2) is 0 Å². The summed E-state index contributed by atoms with van der Waals surface area (Å²) in [6.45, 7) is 0. The molecule has 0 aromatic rings. The van der Waals surface area contributed by atoms with Crippen LogP contribution in [0.5, 0.6) is 0 Å². The van der Waals surface area contributed by atoms with Gasteiger partial charge in [-0.15, -0.1) is 36.4 Å². The molecule has 0 saturated heterocycles. The van der Waals surface area contributed by atoms with Crippen molar-refractivity contribution in [2.45, 2.75) is 12.8 Å². The minimum atomic E-state index is 0.845. The van der Waals surface area contributed by atoms with Gasteiger partial charge in [-0.1, -0.05) is 11.8 Å². The molecule has 0 rings (SSSR count). The summed E-state index contributed by atoms with van der Waals surface area (Å²) in [4.78, 5) is 0. The summed E-state index contributed by atoms with van der Waals surface area (Å²) in [5.74, 6) is 9.27. The molecule has 0 spiro atoms. The Kier molecular flexibility index (Phi) is 10.7. The van der Waals surface area contributed by atoms with Crippen LogP contribution in [0, 0.1) is 24.7 Å². The van der Waals surface area contributed by atoms with Crippen LogP contribution in [0.15, 0.2) is 0 Å². The standard InChI is InChI=1S/C10H14S2/c1-3-7-11-9-5-6-10-12-8-4-2/h1-2H,5-10H2. The van der Waals surface area contributed by atoms with Crippen molar-refractivity contribution in [3.8, 4) is 24.7 Å². The van der Waals surface area contributed by atoms with Gasteiger partial charge < -0.3 is 0 Å². The summed E-state index contributed by atoms with van der Waals surface area (Å²) in [5, 5.41) is 0. The van der Waals surface area contributed by atoms with E-state index in [9.17, 15) is 0 Å². The first kappa shape index (κ1) is 11.8. The van der Waals surface area contributed by atoms with Crippen LogP contribution in [0.2, 0.25) is 0 Å². The van der Waals surface area contributed by atoms with Gasteiger partial charge in [-0.2, -0.15) is 0 Å². The molecule has 0 heterocycles. The minimum absolute atomic E-state index is 0.845. The molecule has 0 nitrogen and oxygen atoms in total. The first-order chi connectivity index (χ1) is 5.91. The highest BCUT2D eigenvalue weighted by Crippen LogP contribution is 2.07. The van der Waals surface area contributed by atoms with Crippen LogP contribution in [0.1, 0.15) is 12.8 Å². The lowest BCUT2D eigenvalue weighted by atomic mass is 10.4. The second-order valence-electron chi connectivity index (χ2n) is 2.22. The Labute approximate surface area is 84.3 Å². The number of hydrogen-bond donors (Lipinski definition) is 0. The van der Waals surface area contributed by atoms with Gasteiger partial charge in [0.25, 0.3) is 0 Å². The Bertz CT molecular complexity index is 142. The lowest BCUT2D eigenvalue weighted by Gasteiger charge is -1.97. The normalized spacial score (nSPS) is 8.83. The zero-order valence-electron chi connectivity index (χ0n) is 7.21. The van der Waals surface area contributed by atoms with E-state index < -0.39 is 0 Å². The summed E-state index contributed by atoms with van der Waals surface area (Å²) < 4.78 is 0. The molecule has 12 heavy (non-hydrogen) atoms. The molecule has 0 fully saturated rings. The monoisotopic (exact) mass is 198 g/mol. The smallest absolute Gasteiger partial charge is 0.0544 e. The molecule has 0 aliphatic heterocycles. The summed E-state index contributed by atoms with van der Waals surface area (Å²) >= 11 is 3.66. The van der Waals surface area contributed by atoms with E-state index >= 15 is 0 Å². The van der Waals surface area contributed by atoms with E-state index in [2.05, 4.69) is 11.8 Å². The molecule has 0 aliphatic carbocycles. The largest absolute Gasteiger partial charge is 0.149 e. The van der Waals surface area contributed by atoms with Gasteiger partial charge in [-0.3, -0.25) is 0 Å². The van der Waals surface area contributed by atoms with Crippen LogP contribution in [0.4, 0.5) is 0 Å². The number of rotatable bonds is 7. The Morgan fingerprint density at radius 1 is 0.833 bits per heavy atom. The van der Waals surface area contributed by atoms with Gasteiger partial charge in [-0.25, -0.2) is 0 Å². The zero-order valence-corrected chi connectivity index (χ0v) is 8.85. The predicted molar refractivity (Wildman–Crippen MR) is 61.6 cm³/mol. The van der Waals surface area contributed by atoms with E-state index in [1.807, 2.05) is 23.5 Å². The summed E-state index contributed by atoms with van der Waals surface area (Å²) in [7, 11) is 0. The highest BCUT2D eigenvalue weighted by molar-refractivity contribution is 7.99. The molecule has 0 bridgehead atoms. The van der Waals surface area contributed by atoms with Gasteiger partial charge in [0.05, 0.1) is 11.5 Å². The quantitative estimate of drug-likeness (QED) is 0.455. The molecule has 0 atom stereocenters. The Morgan fingerprint density at radius 2 is 1.25 bits per heavy atom. The summed E-state index contributed by atoms with van der Waals surface area (Å²) in [6.07, 6.45) is 12.7. The topological polar surface area (TPSA) is 0 Å². The third-order valence-electron chi connectivity index (χ3n) is 1.20. The maximum Gasteiger partial charge on any atom is 0.0544 e. The van der Waals surface area contributed by atoms with Gasteiger partial charge >= 0.3 is 0 Å². The molecule has 66 valence electrons. The molecule has 0 radical (unpaired) electrons. The molecular weight excluding hydrogens is 184 g/mol. The fourth-order valence-corrected chi connectivity index (χ4v) is 2.01. The van der Waals surface area contributed by atoms with Crippen LogP contribution >= 0.6 is 23.5 Å². The van der Waals surface area contributed by atoms with Crippen LogP contribution in [0.25, 0.3) is 0 Å². The Balaban J connectivity index is 2.84. The van der Waals surface area contributed by atoms with Crippen LogP contribution in [-0.2, 0) is 0 Å². The van der Waals surface area contributed by atoms with Gasteiger partial charge in [-0.05, 0) is 24.3 Å². The molecule has 0 unspecified atom stereocenters. The van der Waals surface area contributed by atoms with Crippen molar-refractivity contribution in [3.63, 3.8) is 0 Å². The van der Waals surface area contributed by atoms with E-state index in [4.69, 9.17) is 12.8 Å². The first-order valence-electron chi connectivity index (χ1n) is 3.94. The molecule has 0 saturated carbocycles. The highest BCUT2D eigenvalue weighted by Gasteiger charge is 1.89. The summed E-state index contributed by atoms with van der Waals surface area (Å²) in [5.41, 5.74) is 0. The second-order valence-corrected chi connectivity index (χ2v) is 4.43. The molecule has 0 N–H and O–H groups in total. The fourth-order valence-electron chi connectivity index (χ4n) is 0.670. The van der Waals surface area contributed by atoms with Gasteiger partial charge in [0.2, 0.25) is 0 Å². The van der Waals surface area contributed by atoms with E-state index in [0.29, 0.717) is 0 Å². The van der Waals surface area contributed by atoms with Crippen molar-refractivity contribution in [1.82, 2.24) is 0 Å².